The molecule has 4 atom stereocenters. The smallest absolute Gasteiger partial charge is 0.114 e. The van der Waals surface area contributed by atoms with Crippen LogP contribution in [0.25, 0.3) is 0 Å². The third-order valence-corrected chi connectivity index (χ3v) is 5.81. The zero-order valence-electron chi connectivity index (χ0n) is 18.5. The van der Waals surface area contributed by atoms with Gasteiger partial charge in [0.1, 0.15) is 24.4 Å². The van der Waals surface area contributed by atoms with E-state index in [-0.39, 0.29) is 13.2 Å². The molecule has 0 aromatic rings. The van der Waals surface area contributed by atoms with Crippen molar-refractivity contribution in [2.75, 3.05) is 19.8 Å². The molecule has 0 spiro atoms. The Bertz CT molecular complexity index is 376. The lowest BCUT2D eigenvalue weighted by molar-refractivity contribution is -0.0813. The Morgan fingerprint density at radius 1 is 0.828 bits per heavy atom. The van der Waals surface area contributed by atoms with Gasteiger partial charge in [-0.3, -0.25) is 0 Å². The molecule has 0 amide bonds. The molecule has 3 N–H and O–H groups in total. The lowest BCUT2D eigenvalue weighted by atomic mass is 10.0. The van der Waals surface area contributed by atoms with Crippen LogP contribution in [0.2, 0.25) is 0 Å². The number of hydrogen-bond donors (Lipinski definition) is 3. The predicted octanol–water partition coefficient (Wildman–Crippen LogP) is 4.52. The fraction of sp³-hybridized carbons (Fsp3) is 0.917. The number of rotatable bonds is 20. The van der Waals surface area contributed by atoms with Gasteiger partial charge in [0, 0.05) is 6.61 Å². The van der Waals surface area contributed by atoms with E-state index in [1.54, 1.807) is 0 Å². The zero-order chi connectivity index (χ0) is 21.2. The highest BCUT2D eigenvalue weighted by Gasteiger charge is 2.39. The van der Waals surface area contributed by atoms with Crippen LogP contribution in [-0.2, 0) is 9.47 Å². The Labute approximate surface area is 178 Å². The fourth-order valence-corrected chi connectivity index (χ4v) is 3.88. The number of allylic oxidation sites excluding steroid dienone is 1. The molecule has 0 bridgehead atoms. The van der Waals surface area contributed by atoms with Gasteiger partial charge < -0.3 is 24.8 Å². The van der Waals surface area contributed by atoms with Gasteiger partial charge in [-0.15, -0.1) is 6.58 Å². The first kappa shape index (κ1) is 26.6. The summed E-state index contributed by atoms with van der Waals surface area (Å²) in [7, 11) is 0. The van der Waals surface area contributed by atoms with Crippen molar-refractivity contribution >= 4 is 0 Å². The predicted molar refractivity (Wildman–Crippen MR) is 118 cm³/mol. The molecular formula is C24H46O5. The highest BCUT2D eigenvalue weighted by atomic mass is 16.5. The van der Waals surface area contributed by atoms with E-state index in [9.17, 15) is 15.3 Å². The van der Waals surface area contributed by atoms with E-state index in [1.165, 1.54) is 83.5 Å². The Morgan fingerprint density at radius 2 is 1.31 bits per heavy atom. The van der Waals surface area contributed by atoms with Crippen molar-refractivity contribution in [3.8, 4) is 0 Å². The molecule has 1 saturated heterocycles. The average molecular weight is 415 g/mol. The molecule has 1 aliphatic heterocycles. The third-order valence-electron chi connectivity index (χ3n) is 5.81. The normalized spacial score (nSPS) is 22.8. The Morgan fingerprint density at radius 3 is 1.76 bits per heavy atom. The van der Waals surface area contributed by atoms with Crippen molar-refractivity contribution in [2.24, 2.45) is 0 Å². The van der Waals surface area contributed by atoms with Gasteiger partial charge in [-0.2, -0.15) is 0 Å². The molecule has 0 aromatic heterocycles. The maximum Gasteiger partial charge on any atom is 0.114 e. The summed E-state index contributed by atoms with van der Waals surface area (Å²) in [4.78, 5) is 0. The molecule has 0 radical (unpaired) electrons. The van der Waals surface area contributed by atoms with Crippen molar-refractivity contribution in [3.05, 3.63) is 12.7 Å². The van der Waals surface area contributed by atoms with E-state index in [0.717, 1.165) is 12.8 Å². The van der Waals surface area contributed by atoms with Gasteiger partial charge in [-0.1, -0.05) is 83.1 Å². The highest BCUT2D eigenvalue weighted by Crippen LogP contribution is 2.18. The van der Waals surface area contributed by atoms with E-state index in [2.05, 4.69) is 6.58 Å². The first-order valence-electron chi connectivity index (χ1n) is 12.0. The SMILES string of the molecule is C=CCCCCCCCCCCCCCCCCOC[C@@H](O)[C@H]1OC[C@H](O)[C@H]1O. The van der Waals surface area contributed by atoms with Crippen LogP contribution in [0.5, 0.6) is 0 Å². The average Bonchev–Trinajstić information content (AvgIpc) is 3.05. The minimum Gasteiger partial charge on any atom is -0.388 e. The van der Waals surface area contributed by atoms with E-state index in [1.807, 2.05) is 6.08 Å². The Hall–Kier alpha value is -0.460. The van der Waals surface area contributed by atoms with Crippen LogP contribution < -0.4 is 0 Å². The van der Waals surface area contributed by atoms with Crippen molar-refractivity contribution in [3.63, 3.8) is 0 Å². The summed E-state index contributed by atoms with van der Waals surface area (Å²) in [5, 5.41) is 29.0. The molecule has 0 unspecified atom stereocenters. The molecule has 29 heavy (non-hydrogen) atoms. The van der Waals surface area contributed by atoms with Gasteiger partial charge in [0.15, 0.2) is 0 Å². The maximum absolute atomic E-state index is 9.95. The molecule has 5 heteroatoms. The third kappa shape index (κ3) is 13.5. The number of aliphatic hydroxyl groups is 3. The van der Waals surface area contributed by atoms with Crippen LogP contribution in [0.15, 0.2) is 12.7 Å². The standard InChI is InChI=1S/C24H46O5/c1-2-3-4-5-6-7-8-9-10-11-12-13-14-15-16-17-18-28-19-22(26)24-23(27)21(25)20-29-24/h2,21-27H,1,3-20H2/t21-,22+,23+,24+/m0/s1. The molecule has 1 aliphatic rings. The second kappa shape index (κ2) is 18.3. The zero-order valence-corrected chi connectivity index (χ0v) is 18.5. The Balaban J connectivity index is 1.74. The molecule has 0 aromatic carbocycles. The Kier molecular flexibility index (Phi) is 16.8. The summed E-state index contributed by atoms with van der Waals surface area (Å²) in [6.07, 6.45) is 18.0. The molecule has 0 saturated carbocycles. The quantitative estimate of drug-likeness (QED) is 0.202. The van der Waals surface area contributed by atoms with Crippen molar-refractivity contribution in [1.29, 1.82) is 0 Å². The minimum atomic E-state index is -1.03. The van der Waals surface area contributed by atoms with Gasteiger partial charge in [0.25, 0.3) is 0 Å². The van der Waals surface area contributed by atoms with Crippen molar-refractivity contribution in [1.82, 2.24) is 0 Å². The molecule has 1 fully saturated rings. The number of ether oxygens (including phenoxy) is 2. The second-order valence-electron chi connectivity index (χ2n) is 8.53. The van der Waals surface area contributed by atoms with Gasteiger partial charge in [-0.25, -0.2) is 0 Å². The fourth-order valence-electron chi connectivity index (χ4n) is 3.88. The number of hydrogen-bond acceptors (Lipinski definition) is 5. The topological polar surface area (TPSA) is 79.2 Å². The molecule has 1 rings (SSSR count). The van der Waals surface area contributed by atoms with Crippen molar-refractivity contribution in [2.45, 2.75) is 121 Å². The largest absolute Gasteiger partial charge is 0.388 e. The lowest BCUT2D eigenvalue weighted by Crippen LogP contribution is -2.40. The first-order valence-corrected chi connectivity index (χ1v) is 12.0. The summed E-state index contributed by atoms with van der Waals surface area (Å²) in [6.45, 7) is 4.59. The molecular weight excluding hydrogens is 368 g/mol. The van der Waals surface area contributed by atoms with E-state index in [0.29, 0.717) is 6.61 Å². The van der Waals surface area contributed by atoms with E-state index >= 15 is 0 Å². The number of unbranched alkanes of at least 4 members (excludes halogenated alkanes) is 14. The summed E-state index contributed by atoms with van der Waals surface area (Å²) < 4.78 is 10.7. The van der Waals surface area contributed by atoms with Crippen LogP contribution in [0.3, 0.4) is 0 Å². The molecule has 5 nitrogen and oxygen atoms in total. The van der Waals surface area contributed by atoms with Crippen LogP contribution in [-0.4, -0.2) is 59.6 Å². The summed E-state index contributed by atoms with van der Waals surface area (Å²) in [5.74, 6) is 0. The number of aliphatic hydroxyl groups excluding tert-OH is 3. The maximum atomic E-state index is 9.95. The van der Waals surface area contributed by atoms with E-state index < -0.39 is 24.4 Å². The highest BCUT2D eigenvalue weighted by molar-refractivity contribution is 4.87. The van der Waals surface area contributed by atoms with Gasteiger partial charge >= 0.3 is 0 Å². The summed E-state index contributed by atoms with van der Waals surface area (Å²) >= 11 is 0. The van der Waals surface area contributed by atoms with Crippen LogP contribution >= 0.6 is 0 Å². The van der Waals surface area contributed by atoms with Crippen LogP contribution in [0.1, 0.15) is 96.3 Å². The van der Waals surface area contributed by atoms with Gasteiger partial charge in [-0.05, 0) is 19.3 Å². The summed E-state index contributed by atoms with van der Waals surface area (Å²) in [5.41, 5.74) is 0. The minimum absolute atomic E-state index is 0.0688. The van der Waals surface area contributed by atoms with Gasteiger partial charge in [0.2, 0.25) is 0 Å². The van der Waals surface area contributed by atoms with Crippen LogP contribution in [0, 0.1) is 0 Å². The first-order chi connectivity index (χ1) is 14.2. The van der Waals surface area contributed by atoms with E-state index in [4.69, 9.17) is 9.47 Å². The van der Waals surface area contributed by atoms with Gasteiger partial charge in [0.05, 0.1) is 13.2 Å². The monoisotopic (exact) mass is 414 g/mol. The summed E-state index contributed by atoms with van der Waals surface area (Å²) in [6, 6.07) is 0. The molecule has 0 aliphatic carbocycles. The van der Waals surface area contributed by atoms with Crippen molar-refractivity contribution < 1.29 is 24.8 Å². The second-order valence-corrected chi connectivity index (χ2v) is 8.53. The lowest BCUT2D eigenvalue weighted by Gasteiger charge is -2.20. The van der Waals surface area contributed by atoms with Crippen LogP contribution in [0.4, 0.5) is 0 Å². The molecule has 1 heterocycles. The molecule has 172 valence electrons.